The number of ether oxygens (including phenoxy) is 1. The summed E-state index contributed by atoms with van der Waals surface area (Å²) in [5.74, 6) is -1.96. The van der Waals surface area contributed by atoms with Gasteiger partial charge < -0.3 is 30.2 Å². The number of para-hydroxylation sites is 2. The molecule has 3 amide bonds. The van der Waals surface area contributed by atoms with Crippen molar-refractivity contribution >= 4 is 40.5 Å². The summed E-state index contributed by atoms with van der Waals surface area (Å²) in [5.41, 5.74) is 2.64. The van der Waals surface area contributed by atoms with Crippen molar-refractivity contribution in [2.75, 3.05) is 11.9 Å². The van der Waals surface area contributed by atoms with E-state index in [2.05, 4.69) is 20.9 Å². The van der Waals surface area contributed by atoms with Crippen LogP contribution in [0, 0.1) is 0 Å². The number of hydrogen-bond acceptors (Lipinski definition) is 7. The van der Waals surface area contributed by atoms with Gasteiger partial charge in [-0.05, 0) is 49.1 Å². The first kappa shape index (κ1) is 28.8. The van der Waals surface area contributed by atoms with Crippen molar-refractivity contribution < 1.29 is 33.4 Å². The number of aromatic nitrogens is 1. The molecule has 0 aliphatic rings. The zero-order chi connectivity index (χ0) is 29.0. The van der Waals surface area contributed by atoms with Gasteiger partial charge in [-0.25, -0.2) is 9.78 Å². The number of aliphatic carboxylic acids is 1. The number of carbonyl (C=O) groups excluding carboxylic acids is 3. The lowest BCUT2D eigenvalue weighted by atomic mass is 10.1. The molecule has 0 saturated carbocycles. The number of carboxylic acid groups (broad SMARTS) is 1. The molecule has 4 rings (SSSR count). The predicted molar refractivity (Wildman–Crippen MR) is 150 cm³/mol. The molecular weight excluding hydrogens is 528 g/mol. The number of rotatable bonds is 13. The van der Waals surface area contributed by atoms with Gasteiger partial charge in [0.2, 0.25) is 5.91 Å². The summed E-state index contributed by atoms with van der Waals surface area (Å²) in [6.45, 7) is 0.261. The Labute approximate surface area is 235 Å². The molecule has 2 heterocycles. The first-order valence-electron chi connectivity index (χ1n) is 13.1. The van der Waals surface area contributed by atoms with Crippen molar-refractivity contribution in [3.8, 4) is 0 Å². The molecule has 0 aliphatic carbocycles. The average Bonchev–Trinajstić information content (AvgIpc) is 3.50. The minimum atomic E-state index is -0.966. The Morgan fingerprint density at radius 1 is 0.976 bits per heavy atom. The standard InChI is InChI=1S/C30H30N4O7/c35-27(36)14-12-22-7-2-4-9-24(22)33-28(37)25(10-5-16-31-30(39)41-19-20-15-17-40-18-20)34-29(38)26-13-11-21-6-1-3-8-23(21)32-26/h1-4,6-9,11,13,15,17-18,25H,5,10,12,14,16,19H2,(H,31,39)(H,33,37)(H,34,38)(H,35,36)/t25-/m0/s1. The first-order valence-corrected chi connectivity index (χ1v) is 13.1. The van der Waals surface area contributed by atoms with Crippen LogP contribution >= 0.6 is 0 Å². The molecule has 11 nitrogen and oxygen atoms in total. The second-order valence-corrected chi connectivity index (χ2v) is 9.23. The second-order valence-electron chi connectivity index (χ2n) is 9.23. The zero-order valence-electron chi connectivity index (χ0n) is 22.2. The van der Waals surface area contributed by atoms with E-state index >= 15 is 0 Å². The summed E-state index contributed by atoms with van der Waals surface area (Å²) in [4.78, 5) is 54.0. The van der Waals surface area contributed by atoms with Crippen molar-refractivity contribution in [1.29, 1.82) is 0 Å². The summed E-state index contributed by atoms with van der Waals surface area (Å²) in [5, 5.41) is 18.1. The summed E-state index contributed by atoms with van der Waals surface area (Å²) < 4.78 is 10.1. The molecule has 0 aliphatic heterocycles. The van der Waals surface area contributed by atoms with E-state index in [0.717, 1.165) is 5.39 Å². The third kappa shape index (κ3) is 8.65. The predicted octanol–water partition coefficient (Wildman–Crippen LogP) is 4.29. The van der Waals surface area contributed by atoms with Crippen LogP contribution in [0.15, 0.2) is 83.7 Å². The number of hydrogen-bond donors (Lipinski definition) is 4. The Balaban J connectivity index is 1.41. The fourth-order valence-corrected chi connectivity index (χ4v) is 4.09. The summed E-state index contributed by atoms with van der Waals surface area (Å²) in [7, 11) is 0. The van der Waals surface area contributed by atoms with Gasteiger partial charge in [-0.15, -0.1) is 0 Å². The summed E-state index contributed by atoms with van der Waals surface area (Å²) in [6.07, 6.45) is 3.02. The number of nitrogens with zero attached hydrogens (tertiary/aromatic N) is 1. The molecule has 0 saturated heterocycles. The highest BCUT2D eigenvalue weighted by Crippen LogP contribution is 2.18. The molecule has 1 atom stereocenters. The number of benzene rings is 2. The maximum absolute atomic E-state index is 13.4. The number of carboxylic acids is 1. The highest BCUT2D eigenvalue weighted by atomic mass is 16.5. The molecular formula is C30H30N4O7. The lowest BCUT2D eigenvalue weighted by Gasteiger charge is -2.20. The Morgan fingerprint density at radius 2 is 1.78 bits per heavy atom. The van der Waals surface area contributed by atoms with Crippen molar-refractivity contribution in [1.82, 2.24) is 15.6 Å². The van der Waals surface area contributed by atoms with Crippen LogP contribution in [-0.4, -0.2) is 46.6 Å². The normalized spacial score (nSPS) is 11.4. The van der Waals surface area contributed by atoms with E-state index in [1.165, 1.54) is 12.5 Å². The van der Waals surface area contributed by atoms with E-state index in [0.29, 0.717) is 28.8 Å². The molecule has 2 aromatic carbocycles. The van der Waals surface area contributed by atoms with E-state index in [-0.39, 0.29) is 38.1 Å². The number of nitrogens with one attached hydrogen (secondary N) is 3. The van der Waals surface area contributed by atoms with Gasteiger partial charge in [0, 0.05) is 29.6 Å². The Kier molecular flexibility index (Phi) is 10.0. The largest absolute Gasteiger partial charge is 0.481 e. The van der Waals surface area contributed by atoms with Crippen molar-refractivity contribution in [2.24, 2.45) is 0 Å². The van der Waals surface area contributed by atoms with E-state index in [1.807, 2.05) is 18.2 Å². The highest BCUT2D eigenvalue weighted by molar-refractivity contribution is 6.01. The number of aryl methyl sites for hydroxylation is 1. The molecule has 212 valence electrons. The summed E-state index contributed by atoms with van der Waals surface area (Å²) in [6, 6.07) is 18.4. The van der Waals surface area contributed by atoms with Gasteiger partial charge >= 0.3 is 12.1 Å². The van der Waals surface area contributed by atoms with Crippen LogP contribution in [0.2, 0.25) is 0 Å². The van der Waals surface area contributed by atoms with Crippen LogP contribution in [0.1, 0.15) is 40.9 Å². The number of anilines is 1. The molecule has 0 radical (unpaired) electrons. The molecule has 0 spiro atoms. The molecule has 4 N–H and O–H groups in total. The van der Waals surface area contributed by atoms with Crippen LogP contribution in [0.25, 0.3) is 10.9 Å². The number of amides is 3. The third-order valence-electron chi connectivity index (χ3n) is 6.23. The quantitative estimate of drug-likeness (QED) is 0.177. The maximum Gasteiger partial charge on any atom is 0.407 e. The number of fused-ring (bicyclic) bond motifs is 1. The highest BCUT2D eigenvalue weighted by Gasteiger charge is 2.23. The third-order valence-corrected chi connectivity index (χ3v) is 6.23. The molecule has 4 aromatic rings. The summed E-state index contributed by atoms with van der Waals surface area (Å²) >= 11 is 0. The monoisotopic (exact) mass is 558 g/mol. The number of furan rings is 1. The van der Waals surface area contributed by atoms with Crippen molar-refractivity contribution in [2.45, 2.75) is 38.3 Å². The van der Waals surface area contributed by atoms with Crippen LogP contribution in [-0.2, 0) is 27.4 Å². The van der Waals surface area contributed by atoms with E-state index in [4.69, 9.17) is 14.3 Å². The van der Waals surface area contributed by atoms with Crippen molar-refractivity contribution in [3.63, 3.8) is 0 Å². The molecule has 41 heavy (non-hydrogen) atoms. The van der Waals surface area contributed by atoms with Gasteiger partial charge in [0.15, 0.2) is 0 Å². The molecule has 2 aromatic heterocycles. The van der Waals surface area contributed by atoms with Crippen LogP contribution in [0.5, 0.6) is 0 Å². The van der Waals surface area contributed by atoms with Crippen LogP contribution in [0.4, 0.5) is 10.5 Å². The van der Waals surface area contributed by atoms with E-state index in [9.17, 15) is 19.2 Å². The Bertz CT molecular complexity index is 1500. The van der Waals surface area contributed by atoms with Gasteiger partial charge in [0.05, 0.1) is 18.0 Å². The van der Waals surface area contributed by atoms with Gasteiger partial charge in [-0.1, -0.05) is 42.5 Å². The smallest absolute Gasteiger partial charge is 0.407 e. The lowest BCUT2D eigenvalue weighted by molar-refractivity contribution is -0.137. The van der Waals surface area contributed by atoms with Crippen LogP contribution in [0.3, 0.4) is 0 Å². The van der Waals surface area contributed by atoms with Crippen molar-refractivity contribution in [3.05, 3.63) is 96.1 Å². The molecule has 0 fully saturated rings. The number of carbonyl (C=O) groups is 4. The van der Waals surface area contributed by atoms with Gasteiger partial charge in [0.1, 0.15) is 18.3 Å². The topological polar surface area (TPSA) is 160 Å². The Morgan fingerprint density at radius 3 is 2.59 bits per heavy atom. The van der Waals surface area contributed by atoms with Gasteiger partial charge in [0.25, 0.3) is 5.91 Å². The molecule has 11 heteroatoms. The second kappa shape index (κ2) is 14.3. The Hall–Kier alpha value is -5.19. The molecule has 0 unspecified atom stereocenters. The fourth-order valence-electron chi connectivity index (χ4n) is 4.09. The average molecular weight is 559 g/mol. The fraction of sp³-hybridized carbons (Fsp3) is 0.233. The lowest BCUT2D eigenvalue weighted by Crippen LogP contribution is -2.44. The van der Waals surface area contributed by atoms with E-state index in [1.54, 1.807) is 48.5 Å². The minimum Gasteiger partial charge on any atom is -0.481 e. The zero-order valence-corrected chi connectivity index (χ0v) is 22.2. The first-order chi connectivity index (χ1) is 19.9. The SMILES string of the molecule is O=C(O)CCc1ccccc1NC(=O)[C@H](CCCNC(=O)OCc1ccoc1)NC(=O)c1ccc2ccccc2n1. The number of pyridine rings is 1. The minimum absolute atomic E-state index is 0.0590. The van der Waals surface area contributed by atoms with Crippen LogP contribution < -0.4 is 16.0 Å². The molecule has 0 bridgehead atoms. The van der Waals surface area contributed by atoms with Gasteiger partial charge in [-0.3, -0.25) is 14.4 Å². The van der Waals surface area contributed by atoms with Gasteiger partial charge in [-0.2, -0.15) is 0 Å². The number of alkyl carbamates (subject to hydrolysis) is 1. The maximum atomic E-state index is 13.4. The van der Waals surface area contributed by atoms with E-state index < -0.39 is 29.9 Å².